The van der Waals surface area contributed by atoms with E-state index in [1.165, 1.54) is 4.80 Å². The number of carbonyl (C=O) groups is 1. The number of aromatic nitrogens is 3. The van der Waals surface area contributed by atoms with Crippen LogP contribution in [0.3, 0.4) is 0 Å². The molecule has 0 radical (unpaired) electrons. The minimum Gasteiger partial charge on any atom is -0.368 e. The van der Waals surface area contributed by atoms with Crippen molar-refractivity contribution in [1.82, 2.24) is 20.3 Å². The third kappa shape index (κ3) is 2.86. The summed E-state index contributed by atoms with van der Waals surface area (Å²) < 4.78 is 5.52. The Morgan fingerprint density at radius 3 is 2.45 bits per heavy atom. The van der Waals surface area contributed by atoms with Gasteiger partial charge in [0.05, 0.1) is 18.1 Å². The van der Waals surface area contributed by atoms with Crippen molar-refractivity contribution in [2.45, 2.75) is 18.4 Å². The highest BCUT2D eigenvalue weighted by molar-refractivity contribution is 5.97. The van der Waals surface area contributed by atoms with Gasteiger partial charge in [-0.3, -0.25) is 4.79 Å². The largest absolute Gasteiger partial charge is 0.368 e. The lowest BCUT2D eigenvalue weighted by atomic mass is 9.91. The van der Waals surface area contributed by atoms with E-state index in [2.05, 4.69) is 20.8 Å². The first-order valence-corrected chi connectivity index (χ1v) is 7.28. The number of ether oxygens (including phenoxy) is 1. The topological polar surface area (TPSA) is 81.1 Å². The summed E-state index contributed by atoms with van der Waals surface area (Å²) >= 11 is 0. The number of nitrogens with one attached hydrogen (secondary N) is 2. The van der Waals surface area contributed by atoms with Crippen LogP contribution >= 0.6 is 0 Å². The molecule has 0 bridgehead atoms. The van der Waals surface area contributed by atoms with Crippen molar-refractivity contribution in [3.63, 3.8) is 0 Å². The Morgan fingerprint density at radius 2 is 1.86 bits per heavy atom. The zero-order valence-corrected chi connectivity index (χ0v) is 12.5. The second-order valence-electron chi connectivity index (χ2n) is 5.27. The van der Waals surface area contributed by atoms with E-state index in [-0.39, 0.29) is 5.91 Å². The first-order valence-electron chi connectivity index (χ1n) is 7.28. The Balaban J connectivity index is 1.71. The van der Waals surface area contributed by atoms with Crippen molar-refractivity contribution < 1.29 is 9.53 Å². The van der Waals surface area contributed by atoms with Crippen LogP contribution in [0.4, 0.5) is 5.69 Å². The average molecular weight is 301 g/mol. The quantitative estimate of drug-likeness (QED) is 0.879. The maximum atomic E-state index is 12.5. The van der Waals surface area contributed by atoms with Crippen LogP contribution in [0.1, 0.15) is 12.8 Å². The molecule has 1 aliphatic rings. The molecule has 1 fully saturated rings. The van der Waals surface area contributed by atoms with Gasteiger partial charge in [0.25, 0.3) is 5.91 Å². The highest BCUT2D eigenvalue weighted by atomic mass is 16.5. The first kappa shape index (κ1) is 14.7. The molecule has 0 atom stereocenters. The highest BCUT2D eigenvalue weighted by Gasteiger charge is 2.39. The molecule has 1 saturated heterocycles. The SMILES string of the molecule is COC1(C(=O)Nc2ccc(-n3nccn3)cc2)CCNCC1. The second kappa shape index (κ2) is 6.25. The number of carbonyl (C=O) groups excluding carboxylic acids is 1. The minimum absolute atomic E-state index is 0.0959. The van der Waals surface area contributed by atoms with E-state index in [0.717, 1.165) is 24.5 Å². The minimum atomic E-state index is -0.743. The maximum Gasteiger partial charge on any atom is 0.256 e. The van der Waals surface area contributed by atoms with Crippen LogP contribution in [0.15, 0.2) is 36.7 Å². The summed E-state index contributed by atoms with van der Waals surface area (Å²) in [4.78, 5) is 14.1. The zero-order chi connectivity index (χ0) is 15.4. The molecule has 2 aromatic rings. The zero-order valence-electron chi connectivity index (χ0n) is 12.5. The lowest BCUT2D eigenvalue weighted by Gasteiger charge is -2.34. The third-order valence-corrected chi connectivity index (χ3v) is 3.99. The number of methoxy groups -OCH3 is 1. The fourth-order valence-electron chi connectivity index (χ4n) is 2.63. The molecular weight excluding hydrogens is 282 g/mol. The summed E-state index contributed by atoms with van der Waals surface area (Å²) in [6.07, 6.45) is 4.58. The van der Waals surface area contributed by atoms with E-state index < -0.39 is 5.60 Å². The van der Waals surface area contributed by atoms with Gasteiger partial charge < -0.3 is 15.4 Å². The molecule has 116 valence electrons. The highest BCUT2D eigenvalue weighted by Crippen LogP contribution is 2.24. The molecule has 22 heavy (non-hydrogen) atoms. The number of benzene rings is 1. The molecule has 0 aliphatic carbocycles. The van der Waals surface area contributed by atoms with Crippen LogP contribution < -0.4 is 10.6 Å². The van der Waals surface area contributed by atoms with Gasteiger partial charge in [-0.2, -0.15) is 15.0 Å². The van der Waals surface area contributed by atoms with Crippen molar-refractivity contribution in [3.05, 3.63) is 36.7 Å². The Labute approximate surface area is 128 Å². The summed E-state index contributed by atoms with van der Waals surface area (Å²) in [6, 6.07) is 7.39. The number of hydrogen-bond donors (Lipinski definition) is 2. The van der Waals surface area contributed by atoms with Gasteiger partial charge in [0.15, 0.2) is 0 Å². The number of amides is 1. The van der Waals surface area contributed by atoms with Gasteiger partial charge in [-0.25, -0.2) is 0 Å². The predicted molar refractivity (Wildman–Crippen MR) is 81.8 cm³/mol. The van der Waals surface area contributed by atoms with Gasteiger partial charge in [0, 0.05) is 12.8 Å². The van der Waals surface area contributed by atoms with Crippen LogP contribution in [0, 0.1) is 0 Å². The lowest BCUT2D eigenvalue weighted by Crippen LogP contribution is -2.51. The molecular formula is C15H19N5O2. The molecule has 0 unspecified atom stereocenters. The number of anilines is 1. The van der Waals surface area contributed by atoms with Gasteiger partial charge in [-0.15, -0.1) is 0 Å². The molecule has 0 spiro atoms. The van der Waals surface area contributed by atoms with Crippen molar-refractivity contribution in [2.75, 3.05) is 25.5 Å². The molecule has 2 N–H and O–H groups in total. The van der Waals surface area contributed by atoms with E-state index in [1.807, 2.05) is 24.3 Å². The van der Waals surface area contributed by atoms with Gasteiger partial charge in [-0.05, 0) is 50.2 Å². The molecule has 1 aromatic heterocycles. The first-order chi connectivity index (χ1) is 10.7. The van der Waals surface area contributed by atoms with Crippen LogP contribution in [-0.2, 0) is 9.53 Å². The second-order valence-corrected chi connectivity index (χ2v) is 5.27. The lowest BCUT2D eigenvalue weighted by molar-refractivity contribution is -0.140. The van der Waals surface area contributed by atoms with E-state index in [4.69, 9.17) is 4.74 Å². The average Bonchev–Trinajstić information content (AvgIpc) is 3.10. The number of rotatable bonds is 4. The van der Waals surface area contributed by atoms with Gasteiger partial charge in [0.1, 0.15) is 5.60 Å². The number of nitrogens with zero attached hydrogens (tertiary/aromatic N) is 3. The summed E-state index contributed by atoms with van der Waals surface area (Å²) in [5, 5.41) is 14.3. The van der Waals surface area contributed by atoms with Gasteiger partial charge >= 0.3 is 0 Å². The van der Waals surface area contributed by atoms with Gasteiger partial charge in [0.2, 0.25) is 0 Å². The van der Waals surface area contributed by atoms with Crippen molar-refractivity contribution in [2.24, 2.45) is 0 Å². The van der Waals surface area contributed by atoms with E-state index in [1.54, 1.807) is 19.5 Å². The molecule has 7 heteroatoms. The summed E-state index contributed by atoms with van der Waals surface area (Å²) in [5.74, 6) is -0.0959. The third-order valence-electron chi connectivity index (χ3n) is 3.99. The maximum absolute atomic E-state index is 12.5. The molecule has 0 saturated carbocycles. The fourth-order valence-corrected chi connectivity index (χ4v) is 2.63. The molecule has 1 aliphatic heterocycles. The molecule has 2 heterocycles. The van der Waals surface area contributed by atoms with Gasteiger partial charge in [-0.1, -0.05) is 0 Å². The van der Waals surface area contributed by atoms with Crippen molar-refractivity contribution >= 4 is 11.6 Å². The number of hydrogen-bond acceptors (Lipinski definition) is 5. The van der Waals surface area contributed by atoms with Crippen LogP contribution in [0.2, 0.25) is 0 Å². The van der Waals surface area contributed by atoms with Crippen LogP contribution in [0.5, 0.6) is 0 Å². The molecule has 1 aromatic carbocycles. The normalized spacial score (nSPS) is 17.1. The van der Waals surface area contributed by atoms with E-state index in [0.29, 0.717) is 12.8 Å². The Morgan fingerprint density at radius 1 is 1.23 bits per heavy atom. The van der Waals surface area contributed by atoms with Crippen LogP contribution in [-0.4, -0.2) is 46.7 Å². The molecule has 3 rings (SSSR count). The van der Waals surface area contributed by atoms with E-state index in [9.17, 15) is 4.79 Å². The summed E-state index contributed by atoms with van der Waals surface area (Å²) in [6.45, 7) is 1.57. The Hall–Kier alpha value is -2.25. The fraction of sp³-hybridized carbons (Fsp3) is 0.400. The Bertz CT molecular complexity index is 618. The van der Waals surface area contributed by atoms with Crippen LogP contribution in [0.25, 0.3) is 5.69 Å². The monoisotopic (exact) mass is 301 g/mol. The summed E-state index contributed by atoms with van der Waals surface area (Å²) in [7, 11) is 1.59. The predicted octanol–water partition coefficient (Wildman–Crippen LogP) is 0.974. The molecule has 7 nitrogen and oxygen atoms in total. The Kier molecular flexibility index (Phi) is 4.17. The van der Waals surface area contributed by atoms with E-state index >= 15 is 0 Å². The van der Waals surface area contributed by atoms with Crippen molar-refractivity contribution in [3.8, 4) is 5.69 Å². The van der Waals surface area contributed by atoms with Crippen molar-refractivity contribution in [1.29, 1.82) is 0 Å². The standard InChI is InChI=1S/C15H19N5O2/c1-22-15(6-8-16-9-7-15)14(21)19-12-2-4-13(5-3-12)20-17-10-11-18-20/h2-5,10-11,16H,6-9H2,1H3,(H,19,21). The summed E-state index contributed by atoms with van der Waals surface area (Å²) in [5.41, 5.74) is 0.829. The smallest absolute Gasteiger partial charge is 0.256 e. The molecule has 1 amide bonds. The number of piperidine rings is 1.